The molecule has 1 aromatic rings. The van der Waals surface area contributed by atoms with Crippen molar-refractivity contribution >= 4 is 21.6 Å². The van der Waals surface area contributed by atoms with Crippen molar-refractivity contribution in [3.05, 3.63) is 24.4 Å². The summed E-state index contributed by atoms with van der Waals surface area (Å²) in [5.41, 5.74) is 0. The molecule has 0 atom stereocenters. The Balaban J connectivity index is 0. The van der Waals surface area contributed by atoms with E-state index in [-0.39, 0.29) is 14.9 Å². The van der Waals surface area contributed by atoms with Gasteiger partial charge in [-0.25, -0.2) is 4.98 Å². The number of pyridine rings is 1. The molecule has 0 N–H and O–H groups in total. The third-order valence-electron chi connectivity index (χ3n) is 1.01. The van der Waals surface area contributed by atoms with Crippen LogP contribution in [0.25, 0.3) is 0 Å². The molecule has 0 unspecified atom stereocenters. The van der Waals surface area contributed by atoms with Crippen LogP contribution in [0, 0.1) is 0 Å². The van der Waals surface area contributed by atoms with E-state index in [1.54, 1.807) is 10.8 Å². The third-order valence-corrected chi connectivity index (χ3v) is 4.27. The van der Waals surface area contributed by atoms with Crippen molar-refractivity contribution < 1.29 is 0 Å². The van der Waals surface area contributed by atoms with E-state index in [4.69, 9.17) is 0 Å². The van der Waals surface area contributed by atoms with Crippen LogP contribution in [0.5, 0.6) is 0 Å². The highest BCUT2D eigenvalue weighted by Gasteiger charge is 2.11. The number of rotatable bonds is 2. The molecular weight excluding hydrogens is 210 g/mol. The normalized spacial score (nSPS) is 9.93. The summed E-state index contributed by atoms with van der Waals surface area (Å²) in [6.07, 6.45) is 1.82. The lowest BCUT2D eigenvalue weighted by molar-refractivity contribution is 0.810. The summed E-state index contributed by atoms with van der Waals surface area (Å²) in [4.78, 5) is 4.22. The first kappa shape index (κ1) is 16.3. The Bertz CT molecular complexity index is 229. The lowest BCUT2D eigenvalue weighted by Crippen LogP contribution is -2.04. The van der Waals surface area contributed by atoms with Crippen molar-refractivity contribution in [2.24, 2.45) is 0 Å². The Hall–Kier alpha value is -0.150. The van der Waals surface area contributed by atoms with Crippen LogP contribution < -0.4 is 0 Å². The van der Waals surface area contributed by atoms with Gasteiger partial charge in [0, 0.05) is 10.9 Å². The minimum atomic E-state index is 0. The zero-order valence-corrected chi connectivity index (χ0v) is 9.21. The third kappa shape index (κ3) is 7.27. The molecule has 0 spiro atoms. The highest BCUT2D eigenvalue weighted by molar-refractivity contribution is 8.77. The van der Waals surface area contributed by atoms with Crippen LogP contribution in [0.2, 0.25) is 0 Å². The Labute approximate surface area is 96.5 Å². The van der Waals surface area contributed by atoms with E-state index >= 15 is 0 Å². The van der Waals surface area contributed by atoms with Gasteiger partial charge in [-0.05, 0) is 22.9 Å². The minimum Gasteiger partial charge on any atom is -0.249 e. The standard InChI is InChI=1S/C9H13NS2.2CH4/c1-9(2,3)12-11-8-6-4-5-7-10-8;;/h4-7H,1-3H3;2*1H4. The first-order valence-electron chi connectivity index (χ1n) is 3.85. The van der Waals surface area contributed by atoms with Gasteiger partial charge < -0.3 is 0 Å². The number of hydrogen-bond donors (Lipinski definition) is 0. The van der Waals surface area contributed by atoms with Crippen molar-refractivity contribution in [1.29, 1.82) is 0 Å². The summed E-state index contributed by atoms with van der Waals surface area (Å²) < 4.78 is 0.294. The van der Waals surface area contributed by atoms with Crippen molar-refractivity contribution in [1.82, 2.24) is 4.98 Å². The fourth-order valence-electron chi connectivity index (χ4n) is 0.564. The summed E-state index contributed by atoms with van der Waals surface area (Å²) in [6.45, 7) is 6.61. The van der Waals surface area contributed by atoms with E-state index in [2.05, 4.69) is 25.8 Å². The molecule has 1 heterocycles. The number of hydrogen-bond acceptors (Lipinski definition) is 3. The van der Waals surface area contributed by atoms with Gasteiger partial charge in [0.25, 0.3) is 0 Å². The Morgan fingerprint density at radius 1 is 1.14 bits per heavy atom. The predicted molar refractivity (Wildman–Crippen MR) is 70.9 cm³/mol. The van der Waals surface area contributed by atoms with E-state index in [1.165, 1.54) is 0 Å². The van der Waals surface area contributed by atoms with Gasteiger partial charge in [0.15, 0.2) is 0 Å². The number of aromatic nitrogens is 1. The molecule has 14 heavy (non-hydrogen) atoms. The van der Waals surface area contributed by atoms with Gasteiger partial charge in [-0.1, -0.05) is 52.5 Å². The molecule has 82 valence electrons. The molecule has 0 fully saturated rings. The van der Waals surface area contributed by atoms with E-state index in [0.29, 0.717) is 4.75 Å². The summed E-state index contributed by atoms with van der Waals surface area (Å²) in [7, 11) is 3.57. The van der Waals surface area contributed by atoms with Gasteiger partial charge in [-0.3, -0.25) is 0 Å². The van der Waals surface area contributed by atoms with E-state index in [0.717, 1.165) is 5.03 Å². The Kier molecular flexibility index (Phi) is 8.36. The highest BCUT2D eigenvalue weighted by Crippen LogP contribution is 2.38. The van der Waals surface area contributed by atoms with Crippen molar-refractivity contribution in [3.8, 4) is 0 Å². The zero-order valence-electron chi connectivity index (χ0n) is 7.57. The molecule has 0 aliphatic rings. The fraction of sp³-hybridized carbons (Fsp3) is 0.545. The topological polar surface area (TPSA) is 12.9 Å². The average Bonchev–Trinajstić information content (AvgIpc) is 2.02. The molecule has 0 radical (unpaired) electrons. The van der Waals surface area contributed by atoms with Crippen LogP contribution in [-0.2, 0) is 0 Å². The molecule has 0 saturated heterocycles. The van der Waals surface area contributed by atoms with Gasteiger partial charge in [0.2, 0.25) is 0 Å². The SMILES string of the molecule is C.C.CC(C)(C)SSc1ccccn1. The highest BCUT2D eigenvalue weighted by atomic mass is 33.1. The first-order valence-corrected chi connectivity index (χ1v) is 6.00. The summed E-state index contributed by atoms with van der Waals surface area (Å²) in [5.74, 6) is 0. The van der Waals surface area contributed by atoms with Crippen LogP contribution in [0.15, 0.2) is 29.4 Å². The smallest absolute Gasteiger partial charge is 0.106 e. The Morgan fingerprint density at radius 2 is 1.79 bits per heavy atom. The van der Waals surface area contributed by atoms with Crippen LogP contribution in [0.3, 0.4) is 0 Å². The van der Waals surface area contributed by atoms with Crippen molar-refractivity contribution in [2.75, 3.05) is 0 Å². The molecule has 0 saturated carbocycles. The lowest BCUT2D eigenvalue weighted by atomic mass is 10.3. The monoisotopic (exact) mass is 231 g/mol. The molecule has 1 aromatic heterocycles. The Morgan fingerprint density at radius 3 is 2.21 bits per heavy atom. The predicted octanol–water partition coefficient (Wildman–Crippen LogP) is 4.89. The van der Waals surface area contributed by atoms with Gasteiger partial charge >= 0.3 is 0 Å². The van der Waals surface area contributed by atoms with E-state index in [1.807, 2.05) is 35.2 Å². The molecule has 0 aromatic carbocycles. The van der Waals surface area contributed by atoms with Crippen LogP contribution in [0.1, 0.15) is 35.6 Å². The summed E-state index contributed by atoms with van der Waals surface area (Å²) >= 11 is 0. The molecule has 0 bridgehead atoms. The molecular formula is C11H21NS2. The second-order valence-electron chi connectivity index (χ2n) is 3.45. The zero-order chi connectivity index (χ0) is 9.03. The molecule has 0 aliphatic heterocycles. The van der Waals surface area contributed by atoms with Crippen LogP contribution in [-0.4, -0.2) is 9.73 Å². The quantitative estimate of drug-likeness (QED) is 0.672. The van der Waals surface area contributed by atoms with Gasteiger partial charge in [-0.15, -0.1) is 0 Å². The molecule has 1 nitrogen and oxygen atoms in total. The maximum atomic E-state index is 4.22. The first-order chi connectivity index (χ1) is 5.58. The maximum absolute atomic E-state index is 4.22. The summed E-state index contributed by atoms with van der Waals surface area (Å²) in [5, 5.41) is 1.08. The maximum Gasteiger partial charge on any atom is 0.106 e. The molecule has 1 rings (SSSR count). The van der Waals surface area contributed by atoms with Gasteiger partial charge in [0.05, 0.1) is 0 Å². The number of nitrogens with zero attached hydrogens (tertiary/aromatic N) is 1. The second kappa shape index (κ2) is 7.18. The van der Waals surface area contributed by atoms with Crippen molar-refractivity contribution in [3.63, 3.8) is 0 Å². The van der Waals surface area contributed by atoms with Crippen LogP contribution in [0.4, 0.5) is 0 Å². The van der Waals surface area contributed by atoms with Gasteiger partial charge in [0.1, 0.15) is 5.03 Å². The minimum absolute atomic E-state index is 0. The largest absolute Gasteiger partial charge is 0.249 e. The molecule has 0 amide bonds. The fourth-order valence-corrected chi connectivity index (χ4v) is 2.44. The van der Waals surface area contributed by atoms with E-state index < -0.39 is 0 Å². The van der Waals surface area contributed by atoms with E-state index in [9.17, 15) is 0 Å². The van der Waals surface area contributed by atoms with Crippen molar-refractivity contribution in [2.45, 2.75) is 45.4 Å². The summed E-state index contributed by atoms with van der Waals surface area (Å²) in [6, 6.07) is 5.98. The average molecular weight is 231 g/mol. The molecule has 3 heteroatoms. The van der Waals surface area contributed by atoms with Gasteiger partial charge in [-0.2, -0.15) is 0 Å². The lowest BCUT2D eigenvalue weighted by Gasteiger charge is -2.15. The van der Waals surface area contributed by atoms with Crippen LogP contribution >= 0.6 is 21.6 Å². The second-order valence-corrected chi connectivity index (χ2v) is 6.42. The molecule has 0 aliphatic carbocycles.